The van der Waals surface area contributed by atoms with Gasteiger partial charge < -0.3 is 14.0 Å². The van der Waals surface area contributed by atoms with Gasteiger partial charge in [0, 0.05) is 25.7 Å². The number of non-ortho nitro benzene ring substituents is 1. The number of benzene rings is 1. The van der Waals surface area contributed by atoms with Crippen molar-refractivity contribution in [3.05, 3.63) is 34.4 Å². The molecule has 1 heterocycles. The average molecular weight is 455 g/mol. The molecule has 1 aliphatic heterocycles. The summed E-state index contributed by atoms with van der Waals surface area (Å²) in [5.74, 6) is 5.43. The molecule has 0 amide bonds. The number of carbonyl (C=O) groups is 1. The highest BCUT2D eigenvalue weighted by molar-refractivity contribution is 7.48. The topological polar surface area (TPSA) is 123 Å². The molecule has 11 heteroatoms. The zero-order valence-corrected chi connectivity index (χ0v) is 18.2. The number of phosphoric acid groups is 1. The van der Waals surface area contributed by atoms with Crippen molar-refractivity contribution >= 4 is 19.5 Å². The molecule has 10 nitrogen and oxygen atoms in total. The fourth-order valence-electron chi connectivity index (χ4n) is 2.61. The number of cyclic esters (lactones) is 1. The first kappa shape index (κ1) is 24.8. The Bertz CT molecular complexity index is 831. The van der Waals surface area contributed by atoms with Gasteiger partial charge in [-0.15, -0.1) is 0 Å². The van der Waals surface area contributed by atoms with Crippen LogP contribution in [0.5, 0.6) is 5.75 Å². The molecule has 0 saturated heterocycles. The lowest BCUT2D eigenvalue weighted by Crippen LogP contribution is -2.11. The largest absolute Gasteiger partial charge is 0.530 e. The number of rotatable bonds is 4. The molecule has 1 aromatic carbocycles. The minimum atomic E-state index is -3.96. The van der Waals surface area contributed by atoms with Gasteiger partial charge in [-0.1, -0.05) is 18.3 Å². The summed E-state index contributed by atoms with van der Waals surface area (Å²) in [6.07, 6.45) is 2.60. The van der Waals surface area contributed by atoms with E-state index in [2.05, 4.69) is 11.8 Å². The van der Waals surface area contributed by atoms with Gasteiger partial charge in [-0.05, 0) is 37.8 Å². The van der Waals surface area contributed by atoms with Crippen molar-refractivity contribution in [1.82, 2.24) is 0 Å². The SMILES string of the molecule is COC1C#CCOC(=O)CCCCCOP(=O)(Oc2ccc([N+](=O)[O-])cc2)OCCC1. The van der Waals surface area contributed by atoms with Crippen LogP contribution in [0.2, 0.25) is 0 Å². The van der Waals surface area contributed by atoms with Crippen molar-refractivity contribution in [2.75, 3.05) is 26.9 Å². The van der Waals surface area contributed by atoms with E-state index in [0.717, 1.165) is 0 Å². The van der Waals surface area contributed by atoms with Gasteiger partial charge in [0.1, 0.15) is 11.9 Å². The summed E-state index contributed by atoms with van der Waals surface area (Å²) in [5.41, 5.74) is -0.119. The first-order valence-corrected chi connectivity index (χ1v) is 11.4. The molecule has 0 radical (unpaired) electrons. The molecule has 2 atom stereocenters. The monoisotopic (exact) mass is 455 g/mol. The van der Waals surface area contributed by atoms with E-state index in [0.29, 0.717) is 32.1 Å². The van der Waals surface area contributed by atoms with E-state index in [1.165, 1.54) is 31.4 Å². The molecule has 2 rings (SSSR count). The summed E-state index contributed by atoms with van der Waals surface area (Å²) in [5, 5.41) is 10.8. The number of carbonyl (C=O) groups excluding carboxylic acids is 1. The van der Waals surface area contributed by atoms with Crippen LogP contribution in [0.15, 0.2) is 24.3 Å². The molecule has 0 aromatic heterocycles. The summed E-state index contributed by atoms with van der Waals surface area (Å²) in [7, 11) is -2.44. The fraction of sp³-hybridized carbons (Fsp3) is 0.550. The van der Waals surface area contributed by atoms with Crippen molar-refractivity contribution in [2.45, 2.75) is 44.6 Å². The summed E-state index contributed by atoms with van der Waals surface area (Å²) < 4.78 is 39.7. The number of phosphoric ester groups is 1. The van der Waals surface area contributed by atoms with E-state index in [1.54, 1.807) is 0 Å². The van der Waals surface area contributed by atoms with E-state index in [4.69, 9.17) is 23.0 Å². The number of hydrogen-bond acceptors (Lipinski definition) is 9. The highest BCUT2D eigenvalue weighted by Crippen LogP contribution is 2.50. The van der Waals surface area contributed by atoms with Crippen molar-refractivity contribution < 1.29 is 37.3 Å². The van der Waals surface area contributed by atoms with Crippen LogP contribution in [0, 0.1) is 22.0 Å². The van der Waals surface area contributed by atoms with Crippen molar-refractivity contribution in [3.63, 3.8) is 0 Å². The lowest BCUT2D eigenvalue weighted by molar-refractivity contribution is -0.384. The Morgan fingerprint density at radius 1 is 1.13 bits per heavy atom. The van der Waals surface area contributed by atoms with E-state index in [1.807, 2.05) is 0 Å². The van der Waals surface area contributed by atoms with Crippen molar-refractivity contribution in [2.24, 2.45) is 0 Å². The Morgan fingerprint density at radius 3 is 2.52 bits per heavy atom. The Morgan fingerprint density at radius 2 is 1.84 bits per heavy atom. The molecule has 0 saturated carbocycles. The Balaban J connectivity index is 2.03. The second kappa shape index (κ2) is 13.1. The average Bonchev–Trinajstić information content (AvgIpc) is 2.75. The minimum Gasteiger partial charge on any atom is -0.452 e. The number of nitro benzene ring substituents is 1. The third-order valence-corrected chi connectivity index (χ3v) is 5.68. The molecule has 0 bridgehead atoms. The second-order valence-electron chi connectivity index (χ2n) is 6.61. The van der Waals surface area contributed by atoms with Gasteiger partial charge in [0.05, 0.1) is 18.1 Å². The Kier molecular flexibility index (Phi) is 10.5. The van der Waals surface area contributed by atoms with Crippen LogP contribution in [0.1, 0.15) is 38.5 Å². The van der Waals surface area contributed by atoms with Crippen LogP contribution in [-0.4, -0.2) is 43.9 Å². The predicted molar refractivity (Wildman–Crippen MR) is 110 cm³/mol. The van der Waals surface area contributed by atoms with Gasteiger partial charge in [-0.2, -0.15) is 0 Å². The van der Waals surface area contributed by atoms with Crippen LogP contribution in [0.25, 0.3) is 0 Å². The van der Waals surface area contributed by atoms with Gasteiger partial charge in [-0.25, -0.2) is 4.57 Å². The lowest BCUT2D eigenvalue weighted by Gasteiger charge is -2.19. The maximum atomic E-state index is 13.1. The molecule has 170 valence electrons. The smallest absolute Gasteiger partial charge is 0.452 e. The van der Waals surface area contributed by atoms with Crippen molar-refractivity contribution in [1.29, 1.82) is 0 Å². The Hall–Kier alpha value is -2.44. The second-order valence-corrected chi connectivity index (χ2v) is 8.21. The number of nitro groups is 1. The summed E-state index contributed by atoms with van der Waals surface area (Å²) in [6, 6.07) is 5.13. The molecule has 2 unspecified atom stereocenters. The number of ether oxygens (including phenoxy) is 2. The Labute approximate surface area is 180 Å². The molecule has 1 aromatic rings. The van der Waals surface area contributed by atoms with Gasteiger partial charge >= 0.3 is 13.8 Å². The normalized spacial score (nSPS) is 24.2. The standard InChI is InChI=1S/C20H26NO9P/c1-26-18-7-5-14-27-20(22)9-3-2-4-15-28-31(25,29-16-6-8-18)30-19-12-10-17(11-13-19)21(23)24/h10-13,18H,2-4,6,8-9,14-16H2,1H3. The van der Waals surface area contributed by atoms with Crippen LogP contribution in [0.3, 0.4) is 0 Å². The molecular weight excluding hydrogens is 429 g/mol. The number of hydrogen-bond donors (Lipinski definition) is 0. The van der Waals surface area contributed by atoms with Gasteiger partial charge in [0.2, 0.25) is 0 Å². The molecular formula is C20H26NO9P. The fourth-order valence-corrected chi connectivity index (χ4v) is 3.88. The molecule has 1 aliphatic rings. The highest BCUT2D eigenvalue weighted by Gasteiger charge is 2.29. The van der Waals surface area contributed by atoms with Crippen LogP contribution in [0.4, 0.5) is 5.69 Å². The van der Waals surface area contributed by atoms with E-state index >= 15 is 0 Å². The summed E-state index contributed by atoms with van der Waals surface area (Å²) in [4.78, 5) is 21.9. The van der Waals surface area contributed by atoms with Crippen molar-refractivity contribution in [3.8, 4) is 17.6 Å². The minimum absolute atomic E-state index is 0.0105. The summed E-state index contributed by atoms with van der Waals surface area (Å²) >= 11 is 0. The molecule has 0 N–H and O–H groups in total. The summed E-state index contributed by atoms with van der Waals surface area (Å²) in [6.45, 7) is 0.181. The van der Waals surface area contributed by atoms with Gasteiger partial charge in [0.15, 0.2) is 6.61 Å². The van der Waals surface area contributed by atoms with Gasteiger partial charge in [-0.3, -0.25) is 24.0 Å². The first-order valence-electron chi connectivity index (χ1n) is 9.92. The maximum absolute atomic E-state index is 13.1. The third-order valence-electron chi connectivity index (χ3n) is 4.25. The predicted octanol–water partition coefficient (Wildman–Crippen LogP) is 4.03. The highest BCUT2D eigenvalue weighted by atomic mass is 31.2. The van der Waals surface area contributed by atoms with E-state index in [9.17, 15) is 19.5 Å². The van der Waals surface area contributed by atoms with E-state index in [-0.39, 0.29) is 43.6 Å². The molecule has 0 aliphatic carbocycles. The lowest BCUT2D eigenvalue weighted by atomic mass is 10.2. The zero-order chi connectivity index (χ0) is 22.5. The number of nitrogens with zero attached hydrogens (tertiary/aromatic N) is 1. The molecule has 31 heavy (non-hydrogen) atoms. The van der Waals surface area contributed by atoms with Crippen LogP contribution in [-0.2, 0) is 27.9 Å². The van der Waals surface area contributed by atoms with Crippen LogP contribution >= 0.6 is 7.82 Å². The third kappa shape index (κ3) is 9.49. The molecule has 0 spiro atoms. The number of esters is 1. The maximum Gasteiger partial charge on any atom is 0.530 e. The van der Waals surface area contributed by atoms with E-state index < -0.39 is 18.8 Å². The quantitative estimate of drug-likeness (QED) is 0.218. The first-order chi connectivity index (χ1) is 14.9. The molecule has 0 fully saturated rings. The van der Waals surface area contributed by atoms with Gasteiger partial charge in [0.25, 0.3) is 5.69 Å². The zero-order valence-electron chi connectivity index (χ0n) is 17.3. The number of methoxy groups -OCH3 is 1. The van der Waals surface area contributed by atoms with Crippen LogP contribution < -0.4 is 4.52 Å².